The summed E-state index contributed by atoms with van der Waals surface area (Å²) in [7, 11) is 0. The highest BCUT2D eigenvalue weighted by Crippen LogP contribution is 2.23. The molecule has 0 aromatic heterocycles. The molecule has 0 aromatic rings. The third kappa shape index (κ3) is 5.89. The van der Waals surface area contributed by atoms with E-state index in [0.29, 0.717) is 0 Å². The minimum Gasteiger partial charge on any atom is -0.314 e. The monoisotopic (exact) mass is 224 g/mol. The van der Waals surface area contributed by atoms with Crippen molar-refractivity contribution in [3.63, 3.8) is 0 Å². The second-order valence-electron chi connectivity index (χ2n) is 5.41. The fraction of sp³-hybridized carbons (Fsp3) is 0.933. The first kappa shape index (κ1) is 14.0. The summed E-state index contributed by atoms with van der Waals surface area (Å²) in [5, 5.41) is 3.69. The van der Waals surface area contributed by atoms with Crippen LogP contribution < -0.4 is 5.32 Å². The first-order chi connectivity index (χ1) is 7.86. The maximum absolute atomic E-state index is 3.91. The van der Waals surface area contributed by atoms with Gasteiger partial charge in [-0.3, -0.25) is 0 Å². The van der Waals surface area contributed by atoms with E-state index >= 15 is 0 Å². The fourth-order valence-corrected chi connectivity index (χ4v) is 2.77. The summed E-state index contributed by atoms with van der Waals surface area (Å²) in [5.74, 6) is 0.961. The van der Waals surface area contributed by atoms with Crippen molar-refractivity contribution in [3.05, 3.63) is 6.92 Å². The van der Waals surface area contributed by atoms with Gasteiger partial charge < -0.3 is 5.32 Å². The number of nitrogens with one attached hydrogen (secondary N) is 1. The molecule has 2 atom stereocenters. The molecule has 0 aromatic carbocycles. The van der Waals surface area contributed by atoms with Gasteiger partial charge in [0.25, 0.3) is 0 Å². The zero-order chi connectivity index (χ0) is 11.6. The van der Waals surface area contributed by atoms with Gasteiger partial charge in [-0.15, -0.1) is 0 Å². The Hall–Kier alpha value is -0.0400. The minimum atomic E-state index is 0.835. The van der Waals surface area contributed by atoms with E-state index in [1.54, 1.807) is 0 Å². The molecule has 1 fully saturated rings. The molecular weight excluding hydrogens is 194 g/mol. The lowest BCUT2D eigenvalue weighted by Crippen LogP contribution is -2.20. The van der Waals surface area contributed by atoms with Crippen LogP contribution in [0.25, 0.3) is 0 Å². The first-order valence-electron chi connectivity index (χ1n) is 7.39. The Morgan fingerprint density at radius 2 is 1.88 bits per heavy atom. The zero-order valence-electron chi connectivity index (χ0n) is 11.1. The van der Waals surface area contributed by atoms with Gasteiger partial charge in [0.15, 0.2) is 0 Å². The molecular formula is C15H30N. The maximum atomic E-state index is 3.91. The highest BCUT2D eigenvalue weighted by molar-refractivity contribution is 4.81. The lowest BCUT2D eigenvalue weighted by Gasteiger charge is -2.10. The van der Waals surface area contributed by atoms with Crippen LogP contribution in [0.1, 0.15) is 71.1 Å². The molecule has 2 unspecified atom stereocenters. The van der Waals surface area contributed by atoms with Crippen molar-refractivity contribution in [2.75, 3.05) is 6.54 Å². The van der Waals surface area contributed by atoms with E-state index < -0.39 is 0 Å². The van der Waals surface area contributed by atoms with E-state index in [0.717, 1.165) is 18.4 Å². The minimum absolute atomic E-state index is 0.835. The van der Waals surface area contributed by atoms with Crippen LogP contribution in [0.5, 0.6) is 0 Å². The number of rotatable bonds is 9. The zero-order valence-corrected chi connectivity index (χ0v) is 11.1. The lowest BCUT2D eigenvalue weighted by atomic mass is 9.96. The van der Waals surface area contributed by atoms with Crippen LogP contribution in [0.3, 0.4) is 0 Å². The maximum Gasteiger partial charge on any atom is 0.00702 e. The molecule has 1 heteroatoms. The van der Waals surface area contributed by atoms with Gasteiger partial charge in [-0.25, -0.2) is 0 Å². The second kappa shape index (κ2) is 9.04. The van der Waals surface area contributed by atoms with Crippen LogP contribution in [0.4, 0.5) is 0 Å². The van der Waals surface area contributed by atoms with Gasteiger partial charge >= 0.3 is 0 Å². The van der Waals surface area contributed by atoms with Crippen molar-refractivity contribution in [3.8, 4) is 0 Å². The smallest absolute Gasteiger partial charge is 0.00702 e. The third-order valence-corrected chi connectivity index (χ3v) is 3.83. The molecule has 0 spiro atoms. The number of hydrogen-bond donors (Lipinski definition) is 1. The number of hydrogen-bond acceptors (Lipinski definition) is 1. The summed E-state index contributed by atoms with van der Waals surface area (Å²) in [4.78, 5) is 0. The Bertz CT molecular complexity index is 156. The number of unbranched alkanes of at least 4 members (excludes halogenated alkanes) is 5. The molecule has 1 nitrogen and oxygen atoms in total. The molecule has 1 aliphatic heterocycles. The van der Waals surface area contributed by atoms with E-state index in [1.807, 2.05) is 0 Å². The van der Waals surface area contributed by atoms with Crippen molar-refractivity contribution in [1.82, 2.24) is 5.32 Å². The van der Waals surface area contributed by atoms with Crippen LogP contribution in [-0.4, -0.2) is 12.6 Å². The van der Waals surface area contributed by atoms with E-state index in [9.17, 15) is 0 Å². The van der Waals surface area contributed by atoms with Crippen LogP contribution in [0, 0.1) is 12.8 Å². The summed E-state index contributed by atoms with van der Waals surface area (Å²) in [6.07, 6.45) is 13.7. The molecule has 1 N–H and O–H groups in total. The van der Waals surface area contributed by atoms with Crippen molar-refractivity contribution >= 4 is 0 Å². The summed E-state index contributed by atoms with van der Waals surface area (Å²) in [5.41, 5.74) is 0. The van der Waals surface area contributed by atoms with Gasteiger partial charge in [0, 0.05) is 6.04 Å². The van der Waals surface area contributed by atoms with Gasteiger partial charge in [-0.05, 0) is 31.7 Å². The Kier molecular flexibility index (Phi) is 7.92. The average Bonchev–Trinajstić information content (AvgIpc) is 2.73. The predicted molar refractivity (Wildman–Crippen MR) is 72.5 cm³/mol. The third-order valence-electron chi connectivity index (χ3n) is 3.83. The highest BCUT2D eigenvalue weighted by atomic mass is 14.9. The SMILES string of the molecule is [CH2]CCCCC1CNC(CCCCCC)C1. The molecule has 0 amide bonds. The molecule has 95 valence electrons. The van der Waals surface area contributed by atoms with Crippen LogP contribution in [0.2, 0.25) is 0 Å². The highest BCUT2D eigenvalue weighted by Gasteiger charge is 2.22. The standard InChI is InChI=1S/C15H30N/c1-3-5-7-9-11-15-12-14(13-16-15)10-8-6-4-2/h14-16H,2-13H2,1H3. The summed E-state index contributed by atoms with van der Waals surface area (Å²) < 4.78 is 0. The van der Waals surface area contributed by atoms with Crippen molar-refractivity contribution in [1.29, 1.82) is 0 Å². The largest absolute Gasteiger partial charge is 0.314 e. The van der Waals surface area contributed by atoms with Crippen LogP contribution in [-0.2, 0) is 0 Å². The molecule has 1 heterocycles. The molecule has 1 saturated heterocycles. The van der Waals surface area contributed by atoms with E-state index in [1.165, 1.54) is 64.3 Å². The lowest BCUT2D eigenvalue weighted by molar-refractivity contribution is 0.467. The first-order valence-corrected chi connectivity index (χ1v) is 7.39. The normalized spacial score (nSPS) is 25.1. The topological polar surface area (TPSA) is 12.0 Å². The van der Waals surface area contributed by atoms with Gasteiger partial charge in [-0.1, -0.05) is 58.8 Å². The summed E-state index contributed by atoms with van der Waals surface area (Å²) >= 11 is 0. The Balaban J connectivity index is 1.97. The fourth-order valence-electron chi connectivity index (χ4n) is 2.77. The van der Waals surface area contributed by atoms with Crippen molar-refractivity contribution < 1.29 is 0 Å². The van der Waals surface area contributed by atoms with Crippen molar-refractivity contribution in [2.24, 2.45) is 5.92 Å². The van der Waals surface area contributed by atoms with E-state index in [4.69, 9.17) is 0 Å². The molecule has 0 bridgehead atoms. The van der Waals surface area contributed by atoms with Crippen molar-refractivity contribution in [2.45, 2.75) is 77.2 Å². The van der Waals surface area contributed by atoms with Crippen LogP contribution >= 0.6 is 0 Å². The Labute approximate surface area is 102 Å². The van der Waals surface area contributed by atoms with Crippen LogP contribution in [0.15, 0.2) is 0 Å². The summed E-state index contributed by atoms with van der Waals surface area (Å²) in [6, 6.07) is 0.835. The molecule has 1 radical (unpaired) electrons. The molecule has 0 aliphatic carbocycles. The quantitative estimate of drug-likeness (QED) is 0.575. The molecule has 16 heavy (non-hydrogen) atoms. The van der Waals surface area contributed by atoms with Gasteiger partial charge in [0.1, 0.15) is 0 Å². The molecule has 0 saturated carbocycles. The van der Waals surface area contributed by atoms with Gasteiger partial charge in [0.05, 0.1) is 0 Å². The molecule has 1 rings (SSSR count). The van der Waals surface area contributed by atoms with Gasteiger partial charge in [-0.2, -0.15) is 0 Å². The summed E-state index contributed by atoms with van der Waals surface area (Å²) in [6.45, 7) is 7.46. The Morgan fingerprint density at radius 3 is 2.62 bits per heavy atom. The van der Waals surface area contributed by atoms with E-state index in [2.05, 4.69) is 19.2 Å². The van der Waals surface area contributed by atoms with E-state index in [-0.39, 0.29) is 0 Å². The second-order valence-corrected chi connectivity index (χ2v) is 5.41. The average molecular weight is 224 g/mol. The molecule has 1 aliphatic rings. The predicted octanol–water partition coefficient (Wildman–Crippen LogP) is 4.33. The van der Waals surface area contributed by atoms with Gasteiger partial charge in [0.2, 0.25) is 0 Å². The Morgan fingerprint density at radius 1 is 1.06 bits per heavy atom.